The van der Waals surface area contributed by atoms with Gasteiger partial charge in [-0.05, 0) is 68.6 Å². The van der Waals surface area contributed by atoms with Crippen LogP contribution in [0.25, 0.3) is 6.08 Å². The van der Waals surface area contributed by atoms with Crippen molar-refractivity contribution in [2.24, 2.45) is 0 Å². The van der Waals surface area contributed by atoms with Crippen molar-refractivity contribution in [1.29, 1.82) is 0 Å². The van der Waals surface area contributed by atoms with Crippen molar-refractivity contribution in [3.8, 4) is 0 Å². The number of imide groups is 1. The molecule has 2 amide bonds. The Balaban J connectivity index is 2.02. The minimum atomic E-state index is -0.402. The molecule has 0 radical (unpaired) electrons. The maximum atomic E-state index is 14.8. The standard InChI is InChI=1S/C21H25FN2O2S/c1-7-13(3)24-19(25)18(27-20(24)26)9-14-8-15-12(2)11-21(4,5)23(6)17(15)10-16(14)22/h7-10,12-13H,1,11H2,2-6H3/b18-9+. The second kappa shape index (κ2) is 6.82. The van der Waals surface area contributed by atoms with Gasteiger partial charge in [-0.25, -0.2) is 4.39 Å². The van der Waals surface area contributed by atoms with Crippen LogP contribution in [-0.4, -0.2) is 34.7 Å². The number of carbonyl (C=O) groups excluding carboxylic acids is 2. The first-order chi connectivity index (χ1) is 12.6. The Hall–Kier alpha value is -2.08. The lowest BCUT2D eigenvalue weighted by Crippen LogP contribution is -2.45. The number of hydrogen-bond donors (Lipinski definition) is 0. The summed E-state index contributed by atoms with van der Waals surface area (Å²) in [7, 11) is 1.98. The number of thioether (sulfide) groups is 1. The van der Waals surface area contributed by atoms with E-state index in [9.17, 15) is 14.0 Å². The first-order valence-corrected chi connectivity index (χ1v) is 9.85. The van der Waals surface area contributed by atoms with Crippen LogP contribution in [0.2, 0.25) is 0 Å². The molecule has 0 spiro atoms. The molecule has 1 aromatic rings. The van der Waals surface area contributed by atoms with Crippen molar-refractivity contribution in [2.75, 3.05) is 11.9 Å². The largest absolute Gasteiger partial charge is 0.369 e. The zero-order chi connectivity index (χ0) is 20.1. The number of rotatable bonds is 3. The average Bonchev–Trinajstić information content (AvgIpc) is 2.87. The quantitative estimate of drug-likeness (QED) is 0.530. The number of halogens is 1. The van der Waals surface area contributed by atoms with E-state index in [-0.39, 0.29) is 21.6 Å². The van der Waals surface area contributed by atoms with Crippen LogP contribution in [0.3, 0.4) is 0 Å². The summed E-state index contributed by atoms with van der Waals surface area (Å²) >= 11 is 0.841. The summed E-state index contributed by atoms with van der Waals surface area (Å²) in [6, 6.07) is 2.95. The fourth-order valence-corrected chi connectivity index (χ4v) is 4.70. The Bertz CT molecular complexity index is 862. The summed E-state index contributed by atoms with van der Waals surface area (Å²) in [4.78, 5) is 28.2. The van der Waals surface area contributed by atoms with Crippen LogP contribution in [0.4, 0.5) is 14.9 Å². The van der Waals surface area contributed by atoms with E-state index in [0.29, 0.717) is 5.56 Å². The second-order valence-electron chi connectivity index (χ2n) is 7.94. The molecule has 2 unspecified atom stereocenters. The molecule has 1 saturated heterocycles. The monoisotopic (exact) mass is 388 g/mol. The van der Waals surface area contributed by atoms with Crippen molar-refractivity contribution >= 4 is 34.7 Å². The molecule has 0 saturated carbocycles. The van der Waals surface area contributed by atoms with Gasteiger partial charge in [0.1, 0.15) is 5.82 Å². The maximum Gasteiger partial charge on any atom is 0.294 e. The first kappa shape index (κ1) is 19.7. The minimum Gasteiger partial charge on any atom is -0.369 e. The number of benzene rings is 1. The molecule has 0 aromatic heterocycles. The lowest BCUT2D eigenvalue weighted by atomic mass is 9.80. The van der Waals surface area contributed by atoms with Gasteiger partial charge in [0, 0.05) is 23.8 Å². The molecule has 144 valence electrons. The SMILES string of the molecule is C=CC(C)N1C(=O)S/C(=C/c2cc3c(cc2F)N(C)C(C)(C)CC3C)C1=O. The van der Waals surface area contributed by atoms with E-state index < -0.39 is 17.8 Å². The molecule has 1 aromatic carbocycles. The summed E-state index contributed by atoms with van der Waals surface area (Å²) in [5, 5.41) is -0.355. The van der Waals surface area contributed by atoms with Gasteiger partial charge < -0.3 is 4.90 Å². The van der Waals surface area contributed by atoms with Crippen molar-refractivity contribution in [1.82, 2.24) is 4.90 Å². The van der Waals surface area contributed by atoms with E-state index in [0.717, 1.165) is 34.3 Å². The molecule has 2 heterocycles. The Morgan fingerprint density at radius 2 is 2.04 bits per heavy atom. The Morgan fingerprint density at radius 1 is 1.37 bits per heavy atom. The lowest BCUT2D eigenvalue weighted by molar-refractivity contribution is -0.123. The zero-order valence-electron chi connectivity index (χ0n) is 16.4. The third kappa shape index (κ3) is 3.31. The molecule has 6 heteroatoms. The van der Waals surface area contributed by atoms with Crippen molar-refractivity contribution in [3.05, 3.63) is 46.6 Å². The average molecular weight is 389 g/mol. The Labute approximate surface area is 164 Å². The fraction of sp³-hybridized carbons (Fsp3) is 0.429. The predicted molar refractivity (Wildman–Crippen MR) is 109 cm³/mol. The second-order valence-corrected chi connectivity index (χ2v) is 8.93. The van der Waals surface area contributed by atoms with Crippen molar-refractivity contribution in [3.63, 3.8) is 0 Å². The van der Waals surface area contributed by atoms with Crippen molar-refractivity contribution < 1.29 is 14.0 Å². The van der Waals surface area contributed by atoms with Crippen LogP contribution in [0.1, 0.15) is 51.2 Å². The maximum absolute atomic E-state index is 14.8. The van der Waals surface area contributed by atoms with Gasteiger partial charge in [0.25, 0.3) is 11.1 Å². The van der Waals surface area contributed by atoms with Gasteiger partial charge in [-0.1, -0.05) is 13.0 Å². The molecule has 4 nitrogen and oxygen atoms in total. The van der Waals surface area contributed by atoms with Gasteiger partial charge in [-0.15, -0.1) is 6.58 Å². The topological polar surface area (TPSA) is 40.6 Å². The first-order valence-electron chi connectivity index (χ1n) is 9.03. The summed E-state index contributed by atoms with van der Waals surface area (Å²) in [6.07, 6.45) is 3.98. The molecule has 0 bridgehead atoms. The highest BCUT2D eigenvalue weighted by Crippen LogP contribution is 2.44. The van der Waals surface area contributed by atoms with E-state index in [1.807, 2.05) is 13.1 Å². The van der Waals surface area contributed by atoms with Crippen LogP contribution < -0.4 is 4.90 Å². The number of hydrogen-bond acceptors (Lipinski definition) is 4. The summed E-state index contributed by atoms with van der Waals surface area (Å²) in [5.41, 5.74) is 2.22. The highest BCUT2D eigenvalue weighted by molar-refractivity contribution is 8.18. The third-order valence-corrected chi connectivity index (χ3v) is 6.49. The van der Waals surface area contributed by atoms with Crippen LogP contribution in [-0.2, 0) is 4.79 Å². The normalized spacial score (nSPS) is 24.4. The number of anilines is 1. The van der Waals surface area contributed by atoms with Gasteiger partial charge >= 0.3 is 0 Å². The van der Waals surface area contributed by atoms with Crippen LogP contribution in [0.15, 0.2) is 29.7 Å². The molecule has 2 atom stereocenters. The third-order valence-electron chi connectivity index (χ3n) is 5.61. The number of carbonyl (C=O) groups is 2. The molecule has 2 aliphatic rings. The summed E-state index contributed by atoms with van der Waals surface area (Å²) in [5.74, 6) is -0.523. The van der Waals surface area contributed by atoms with E-state index in [2.05, 4.69) is 32.3 Å². The van der Waals surface area contributed by atoms with Crippen LogP contribution >= 0.6 is 11.8 Å². The van der Waals surface area contributed by atoms with Gasteiger partial charge in [0.05, 0.1) is 10.9 Å². The molecule has 2 aliphatic heterocycles. The number of nitrogens with zero attached hydrogens (tertiary/aromatic N) is 2. The number of fused-ring (bicyclic) bond motifs is 1. The zero-order valence-corrected chi connectivity index (χ0v) is 17.2. The van der Waals surface area contributed by atoms with E-state index >= 15 is 0 Å². The molecule has 27 heavy (non-hydrogen) atoms. The Morgan fingerprint density at radius 3 is 2.67 bits per heavy atom. The highest BCUT2D eigenvalue weighted by atomic mass is 32.2. The van der Waals surface area contributed by atoms with Gasteiger partial charge in [0.2, 0.25) is 0 Å². The van der Waals surface area contributed by atoms with Gasteiger partial charge in [0.15, 0.2) is 0 Å². The molecule has 3 rings (SSSR count). The van der Waals surface area contributed by atoms with Crippen LogP contribution in [0.5, 0.6) is 0 Å². The number of amides is 2. The van der Waals surface area contributed by atoms with Gasteiger partial charge in [-0.3, -0.25) is 14.5 Å². The molecule has 0 aliphatic carbocycles. The van der Waals surface area contributed by atoms with Gasteiger partial charge in [-0.2, -0.15) is 0 Å². The fourth-order valence-electron chi connectivity index (χ4n) is 3.79. The molecule has 1 fully saturated rings. The predicted octanol–water partition coefficient (Wildman–Crippen LogP) is 5.16. The smallest absolute Gasteiger partial charge is 0.294 e. The van der Waals surface area contributed by atoms with E-state index in [1.54, 1.807) is 6.92 Å². The van der Waals surface area contributed by atoms with E-state index in [4.69, 9.17) is 0 Å². The summed E-state index contributed by atoms with van der Waals surface area (Å²) < 4.78 is 14.8. The molecule has 0 N–H and O–H groups in total. The summed E-state index contributed by atoms with van der Waals surface area (Å²) in [6.45, 7) is 11.8. The van der Waals surface area contributed by atoms with E-state index in [1.165, 1.54) is 18.2 Å². The van der Waals surface area contributed by atoms with Crippen molar-refractivity contribution in [2.45, 2.75) is 51.6 Å². The van der Waals surface area contributed by atoms with Crippen LogP contribution in [0, 0.1) is 5.82 Å². The minimum absolute atomic E-state index is 0.0517. The Kier molecular flexibility index (Phi) is 4.97. The highest BCUT2D eigenvalue weighted by Gasteiger charge is 2.38. The molecular weight excluding hydrogens is 363 g/mol. The lowest BCUT2D eigenvalue weighted by Gasteiger charge is -2.45. The molecular formula is C21H25FN2O2S.